The highest BCUT2D eigenvalue weighted by molar-refractivity contribution is 5.85. The van der Waals surface area contributed by atoms with Crippen molar-refractivity contribution in [2.45, 2.75) is 45.3 Å². The van der Waals surface area contributed by atoms with Gasteiger partial charge in [0.2, 0.25) is 11.8 Å². The van der Waals surface area contributed by atoms with Gasteiger partial charge in [0, 0.05) is 89.7 Å². The molecule has 4 aromatic rings. The summed E-state index contributed by atoms with van der Waals surface area (Å²) in [5, 5.41) is 3.32. The summed E-state index contributed by atoms with van der Waals surface area (Å²) in [5.41, 5.74) is 11.8. The number of hydrogen-bond donors (Lipinski definition) is 2. The van der Waals surface area contributed by atoms with E-state index in [4.69, 9.17) is 10.5 Å². The second-order valence-electron chi connectivity index (χ2n) is 14.3. The molecular weight excluding hydrogens is 784 g/mol. The molecule has 13 nitrogen and oxygen atoms in total. The van der Waals surface area contributed by atoms with E-state index in [1.165, 1.54) is 14.2 Å². The fourth-order valence-corrected chi connectivity index (χ4v) is 6.72. The summed E-state index contributed by atoms with van der Waals surface area (Å²) in [6, 6.07) is 34.5. The topological polar surface area (TPSA) is 155 Å². The van der Waals surface area contributed by atoms with Crippen molar-refractivity contribution in [1.82, 2.24) is 15.1 Å². The standard InChI is InChI=1S/C23H29N3O3.C13H16N2O2.C10H13NO2.ClH/c1-18(27)25-12-14-26(15-13-25)21-10-8-20(9-11-21)17-24-22(23(28)29-2)16-19-6-4-3-5-7-19;1-11(17)14-6-8-15(9-7-14)13-4-2-12(10-16)3-5-13;1-13-10(12)9(11)7-8-5-3-2-4-6-8;/h3-11,22,24H,12-17H2,1-2H3;2-5,10H,6-9H2,1H3;2-6,9H,7,11H2,1H3;1H/t22-;;9-;/m0.0./s1. The SMILES string of the molecule is CC(=O)N1CCN(c2ccc(C=O)cc2)CC1.COC(=O)[C@@H](N)Cc1ccccc1.COC(=O)[C@H](Cc1ccccc1)NCc1ccc(N2CCN(C(C)=O)CC2)cc1.Cl. The first-order valence-electron chi connectivity index (χ1n) is 19.9. The number of hydrogen-bond acceptors (Lipinski definition) is 11. The maximum absolute atomic E-state index is 12.2. The molecule has 2 amide bonds. The van der Waals surface area contributed by atoms with Gasteiger partial charge in [0.15, 0.2) is 0 Å². The number of ether oxygens (including phenoxy) is 2. The van der Waals surface area contributed by atoms with Crippen LogP contribution in [-0.2, 0) is 48.0 Å². The zero-order valence-electron chi connectivity index (χ0n) is 35.0. The molecule has 2 aliphatic heterocycles. The van der Waals surface area contributed by atoms with Gasteiger partial charge in [0.1, 0.15) is 18.4 Å². The van der Waals surface area contributed by atoms with Crippen LogP contribution in [0, 0.1) is 0 Å². The van der Waals surface area contributed by atoms with E-state index in [1.54, 1.807) is 13.8 Å². The van der Waals surface area contributed by atoms with Crippen molar-refractivity contribution < 1.29 is 33.4 Å². The normalized spacial score (nSPS) is 14.4. The summed E-state index contributed by atoms with van der Waals surface area (Å²) >= 11 is 0. The predicted octanol–water partition coefficient (Wildman–Crippen LogP) is 4.55. The largest absolute Gasteiger partial charge is 0.468 e. The molecule has 0 spiro atoms. The van der Waals surface area contributed by atoms with Gasteiger partial charge in [0.25, 0.3) is 0 Å². The first kappa shape index (κ1) is 48.6. The molecule has 2 aliphatic rings. The summed E-state index contributed by atoms with van der Waals surface area (Å²) in [6.07, 6.45) is 1.96. The summed E-state index contributed by atoms with van der Waals surface area (Å²) in [4.78, 5) is 64.6. The lowest BCUT2D eigenvalue weighted by atomic mass is 10.1. The average molecular weight is 843 g/mol. The molecule has 14 heteroatoms. The first-order chi connectivity index (χ1) is 28.5. The smallest absolute Gasteiger partial charge is 0.323 e. The van der Waals surface area contributed by atoms with Crippen molar-refractivity contribution in [3.63, 3.8) is 0 Å². The number of carbonyl (C=O) groups is 5. The third-order valence-corrected chi connectivity index (χ3v) is 10.3. The minimum Gasteiger partial charge on any atom is -0.468 e. The van der Waals surface area contributed by atoms with Gasteiger partial charge in [0.05, 0.1) is 14.2 Å². The van der Waals surface area contributed by atoms with Crippen LogP contribution in [0.1, 0.15) is 40.9 Å². The highest BCUT2D eigenvalue weighted by Gasteiger charge is 2.21. The van der Waals surface area contributed by atoms with Crippen molar-refractivity contribution in [3.05, 3.63) is 131 Å². The van der Waals surface area contributed by atoms with Crippen LogP contribution in [0.3, 0.4) is 0 Å². The van der Waals surface area contributed by atoms with E-state index >= 15 is 0 Å². The Morgan fingerprint density at radius 2 is 1.02 bits per heavy atom. The minimum absolute atomic E-state index is 0. The summed E-state index contributed by atoms with van der Waals surface area (Å²) in [5.74, 6) is -0.347. The van der Waals surface area contributed by atoms with Crippen molar-refractivity contribution in [3.8, 4) is 0 Å². The Hall–Kier alpha value is -5.76. The molecule has 0 aliphatic carbocycles. The molecular formula is C46H59ClN6O7. The van der Waals surface area contributed by atoms with Crippen LogP contribution >= 0.6 is 12.4 Å². The maximum Gasteiger partial charge on any atom is 0.323 e. The zero-order valence-corrected chi connectivity index (χ0v) is 35.9. The molecule has 3 N–H and O–H groups in total. The van der Waals surface area contributed by atoms with Gasteiger partial charge >= 0.3 is 11.9 Å². The molecule has 0 bridgehead atoms. The van der Waals surface area contributed by atoms with Crippen LogP contribution < -0.4 is 20.9 Å². The molecule has 0 aromatic heterocycles. The highest BCUT2D eigenvalue weighted by Crippen LogP contribution is 2.19. The second kappa shape index (κ2) is 25.7. The highest BCUT2D eigenvalue weighted by atomic mass is 35.5. The fraction of sp³-hybridized carbons (Fsp3) is 0.370. The summed E-state index contributed by atoms with van der Waals surface area (Å²) in [6.45, 7) is 10.3. The summed E-state index contributed by atoms with van der Waals surface area (Å²) in [7, 11) is 2.76. The second-order valence-corrected chi connectivity index (χ2v) is 14.3. The van der Waals surface area contributed by atoms with Crippen LogP contribution in [0.4, 0.5) is 11.4 Å². The van der Waals surface area contributed by atoms with Gasteiger partial charge < -0.3 is 40.1 Å². The Kier molecular flexibility index (Phi) is 20.8. The molecule has 2 saturated heterocycles. The zero-order chi connectivity index (χ0) is 42.6. The van der Waals surface area contributed by atoms with Gasteiger partial charge in [-0.3, -0.25) is 24.0 Å². The van der Waals surface area contributed by atoms with E-state index in [2.05, 4.69) is 44.1 Å². The lowest BCUT2D eigenvalue weighted by Crippen LogP contribution is -2.48. The lowest BCUT2D eigenvalue weighted by Gasteiger charge is -2.35. The van der Waals surface area contributed by atoms with Crippen molar-refractivity contribution in [2.75, 3.05) is 76.4 Å². The van der Waals surface area contributed by atoms with Gasteiger partial charge in [-0.05, 0) is 65.9 Å². The van der Waals surface area contributed by atoms with E-state index in [9.17, 15) is 24.0 Å². The number of rotatable bonds is 12. The molecule has 2 fully saturated rings. The van der Waals surface area contributed by atoms with Gasteiger partial charge in [-0.1, -0.05) is 72.8 Å². The number of anilines is 2. The number of benzene rings is 4. The molecule has 0 radical (unpaired) electrons. The average Bonchev–Trinajstić information content (AvgIpc) is 3.28. The lowest BCUT2D eigenvalue weighted by molar-refractivity contribution is -0.143. The molecule has 6 rings (SSSR count). The Morgan fingerprint density at radius 3 is 1.42 bits per heavy atom. The van der Waals surface area contributed by atoms with Crippen LogP contribution in [-0.4, -0.2) is 119 Å². The molecule has 2 heterocycles. The fourth-order valence-electron chi connectivity index (χ4n) is 6.72. The Labute approximate surface area is 360 Å². The van der Waals surface area contributed by atoms with Gasteiger partial charge in [-0.15, -0.1) is 12.4 Å². The van der Waals surface area contributed by atoms with Crippen molar-refractivity contribution in [2.24, 2.45) is 5.73 Å². The number of piperazine rings is 2. The number of halogens is 1. The number of carbonyl (C=O) groups excluding carboxylic acids is 5. The molecule has 2 atom stereocenters. The predicted molar refractivity (Wildman–Crippen MR) is 237 cm³/mol. The van der Waals surface area contributed by atoms with Crippen LogP contribution in [0.2, 0.25) is 0 Å². The van der Waals surface area contributed by atoms with Crippen LogP contribution in [0.15, 0.2) is 109 Å². The van der Waals surface area contributed by atoms with E-state index < -0.39 is 6.04 Å². The quantitative estimate of drug-likeness (QED) is 0.153. The Bertz CT molecular complexity index is 1900. The summed E-state index contributed by atoms with van der Waals surface area (Å²) < 4.78 is 9.48. The Morgan fingerprint density at radius 1 is 0.600 bits per heavy atom. The molecule has 60 heavy (non-hydrogen) atoms. The van der Waals surface area contributed by atoms with Crippen molar-refractivity contribution in [1.29, 1.82) is 0 Å². The van der Waals surface area contributed by atoms with Crippen LogP contribution in [0.5, 0.6) is 0 Å². The number of nitrogens with one attached hydrogen (secondary N) is 1. The third kappa shape index (κ3) is 15.8. The van der Waals surface area contributed by atoms with Gasteiger partial charge in [-0.25, -0.2) is 0 Å². The third-order valence-electron chi connectivity index (χ3n) is 10.3. The molecule has 0 saturated carbocycles. The van der Waals surface area contributed by atoms with Crippen molar-refractivity contribution >= 4 is 53.8 Å². The van der Waals surface area contributed by atoms with E-state index in [0.29, 0.717) is 24.9 Å². The number of esters is 2. The number of aldehydes is 1. The monoisotopic (exact) mass is 842 g/mol. The molecule has 4 aromatic carbocycles. The number of methoxy groups -OCH3 is 2. The number of amides is 2. The Balaban J connectivity index is 0.000000263. The van der Waals surface area contributed by atoms with Crippen LogP contribution in [0.25, 0.3) is 0 Å². The minimum atomic E-state index is -0.563. The van der Waals surface area contributed by atoms with E-state index in [1.807, 2.05) is 94.7 Å². The van der Waals surface area contributed by atoms with Gasteiger partial charge in [-0.2, -0.15) is 0 Å². The van der Waals surface area contributed by atoms with E-state index in [-0.39, 0.29) is 42.2 Å². The number of nitrogens with two attached hydrogens (primary N) is 1. The maximum atomic E-state index is 12.2. The first-order valence-corrected chi connectivity index (χ1v) is 19.9. The number of nitrogens with zero attached hydrogens (tertiary/aromatic N) is 4. The molecule has 0 unspecified atom stereocenters. The molecule has 322 valence electrons. The van der Waals surface area contributed by atoms with E-state index in [0.717, 1.165) is 86.7 Å².